The lowest BCUT2D eigenvalue weighted by molar-refractivity contribution is -0.116. The average Bonchev–Trinajstić information content (AvgIpc) is 3.28. The molecule has 0 saturated carbocycles. The highest BCUT2D eigenvalue weighted by molar-refractivity contribution is 7.89. The second-order valence-corrected chi connectivity index (χ2v) is 10.0. The lowest BCUT2D eigenvalue weighted by atomic mass is 10.2. The van der Waals surface area contributed by atoms with Crippen molar-refractivity contribution in [2.45, 2.75) is 37.0 Å². The van der Waals surface area contributed by atoms with E-state index < -0.39 is 10.0 Å². The highest BCUT2D eigenvalue weighted by Gasteiger charge is 2.26. The van der Waals surface area contributed by atoms with Gasteiger partial charge in [0.25, 0.3) is 0 Å². The van der Waals surface area contributed by atoms with Crippen molar-refractivity contribution in [3.05, 3.63) is 65.6 Å². The molecule has 9 heteroatoms. The van der Waals surface area contributed by atoms with E-state index in [9.17, 15) is 13.2 Å². The van der Waals surface area contributed by atoms with Gasteiger partial charge >= 0.3 is 0 Å². The molecule has 0 aliphatic carbocycles. The molecule has 1 aromatic heterocycles. The molecule has 32 heavy (non-hydrogen) atoms. The van der Waals surface area contributed by atoms with Gasteiger partial charge in [-0.15, -0.1) is 0 Å². The summed E-state index contributed by atoms with van der Waals surface area (Å²) in [6.45, 7) is 1.07. The Morgan fingerprint density at radius 3 is 2.59 bits per heavy atom. The summed E-state index contributed by atoms with van der Waals surface area (Å²) in [5, 5.41) is 3.40. The topological polar surface area (TPSA) is 92.5 Å². The van der Waals surface area contributed by atoms with Crippen LogP contribution in [0.25, 0.3) is 11.3 Å². The van der Waals surface area contributed by atoms with E-state index in [0.29, 0.717) is 41.9 Å². The van der Waals surface area contributed by atoms with Crippen LogP contribution in [0.2, 0.25) is 5.02 Å². The number of oxazole rings is 1. The normalized spacial score (nSPS) is 14.9. The van der Waals surface area contributed by atoms with Gasteiger partial charge in [0, 0.05) is 42.2 Å². The lowest BCUT2D eigenvalue weighted by Crippen LogP contribution is -2.35. The van der Waals surface area contributed by atoms with E-state index in [-0.39, 0.29) is 17.2 Å². The van der Waals surface area contributed by atoms with Gasteiger partial charge in [0.15, 0.2) is 11.7 Å². The molecule has 168 valence electrons. The van der Waals surface area contributed by atoms with Gasteiger partial charge in [0.1, 0.15) is 0 Å². The number of carbonyl (C=O) groups excluding carboxylic acids is 1. The van der Waals surface area contributed by atoms with E-state index in [4.69, 9.17) is 16.0 Å². The average molecular weight is 474 g/mol. The zero-order chi connectivity index (χ0) is 22.6. The second-order valence-electron chi connectivity index (χ2n) is 7.67. The number of aromatic nitrogens is 1. The Hall–Kier alpha value is -2.68. The first-order chi connectivity index (χ1) is 15.4. The number of carbonyl (C=O) groups is 1. The summed E-state index contributed by atoms with van der Waals surface area (Å²) in [7, 11) is -3.55. The Balaban J connectivity index is 1.35. The van der Waals surface area contributed by atoms with E-state index in [2.05, 4.69) is 10.3 Å². The van der Waals surface area contributed by atoms with Gasteiger partial charge in [-0.1, -0.05) is 24.1 Å². The number of hydrogen-bond donors (Lipinski definition) is 1. The van der Waals surface area contributed by atoms with Gasteiger partial charge in [0.05, 0.1) is 11.1 Å². The summed E-state index contributed by atoms with van der Waals surface area (Å²) in [5.41, 5.74) is 1.30. The molecule has 1 N–H and O–H groups in total. The van der Waals surface area contributed by atoms with Crippen LogP contribution in [0, 0.1) is 0 Å². The molecule has 7 nitrogen and oxygen atoms in total. The van der Waals surface area contributed by atoms with Gasteiger partial charge in [-0.3, -0.25) is 4.79 Å². The quantitative estimate of drug-likeness (QED) is 0.535. The van der Waals surface area contributed by atoms with E-state index in [1.54, 1.807) is 36.5 Å². The summed E-state index contributed by atoms with van der Waals surface area (Å²) in [6, 6.07) is 13.6. The predicted octanol–water partition coefficient (Wildman–Crippen LogP) is 4.74. The van der Waals surface area contributed by atoms with Crippen LogP contribution in [0.3, 0.4) is 0 Å². The van der Waals surface area contributed by atoms with Crippen LogP contribution < -0.4 is 5.32 Å². The molecule has 0 bridgehead atoms. The first-order valence-corrected chi connectivity index (χ1v) is 12.3. The molecule has 4 rings (SSSR count). The molecular weight excluding hydrogens is 450 g/mol. The summed E-state index contributed by atoms with van der Waals surface area (Å²) in [4.78, 5) is 16.8. The molecular formula is C23H24ClN3O4S. The zero-order valence-electron chi connectivity index (χ0n) is 17.5. The van der Waals surface area contributed by atoms with Crippen LogP contribution >= 0.6 is 11.6 Å². The number of nitrogens with zero attached hydrogens (tertiary/aromatic N) is 2. The maximum Gasteiger partial charge on any atom is 0.243 e. The maximum atomic E-state index is 12.9. The predicted molar refractivity (Wildman–Crippen MR) is 123 cm³/mol. The number of rotatable bonds is 7. The highest BCUT2D eigenvalue weighted by atomic mass is 35.5. The standard InChI is InChI=1S/C23H24ClN3O4S/c24-18-9-7-17(8-10-18)21-16-25-23(31-21)12-11-22(28)26-19-5-4-6-20(15-19)32(29,30)27-13-2-1-3-14-27/h4-10,15-16H,1-3,11-14H2,(H,26,28). The Bertz CT molecular complexity index is 1190. The fraction of sp³-hybridized carbons (Fsp3) is 0.304. The zero-order valence-corrected chi connectivity index (χ0v) is 19.0. The Kier molecular flexibility index (Phi) is 6.93. The van der Waals surface area contributed by atoms with Crippen molar-refractivity contribution < 1.29 is 17.6 Å². The lowest BCUT2D eigenvalue weighted by Gasteiger charge is -2.26. The first-order valence-electron chi connectivity index (χ1n) is 10.5. The fourth-order valence-corrected chi connectivity index (χ4v) is 5.30. The molecule has 1 aliphatic heterocycles. The van der Waals surface area contributed by atoms with Gasteiger partial charge in [-0.05, 0) is 55.3 Å². The number of sulfonamides is 1. The van der Waals surface area contributed by atoms with Gasteiger partial charge < -0.3 is 9.73 Å². The maximum absolute atomic E-state index is 12.9. The number of anilines is 1. The molecule has 2 aromatic carbocycles. The monoisotopic (exact) mass is 473 g/mol. The van der Waals surface area contributed by atoms with E-state index in [1.807, 2.05) is 12.1 Å². The first kappa shape index (κ1) is 22.5. The fourth-order valence-electron chi connectivity index (χ4n) is 3.61. The molecule has 0 unspecified atom stereocenters. The van der Waals surface area contributed by atoms with Crippen molar-refractivity contribution in [1.29, 1.82) is 0 Å². The molecule has 1 amide bonds. The molecule has 1 saturated heterocycles. The van der Waals surface area contributed by atoms with Crippen LogP contribution in [-0.2, 0) is 21.2 Å². The second kappa shape index (κ2) is 9.85. The molecule has 0 atom stereocenters. The van der Waals surface area contributed by atoms with Crippen molar-refractivity contribution in [2.75, 3.05) is 18.4 Å². The summed E-state index contributed by atoms with van der Waals surface area (Å²) in [6.07, 6.45) is 4.89. The van der Waals surface area contributed by atoms with Crippen LogP contribution in [0.5, 0.6) is 0 Å². The minimum Gasteiger partial charge on any atom is -0.441 e. The Labute approximate surface area is 192 Å². The van der Waals surface area contributed by atoms with Crippen molar-refractivity contribution in [3.63, 3.8) is 0 Å². The SMILES string of the molecule is O=C(CCc1ncc(-c2ccc(Cl)cc2)o1)Nc1cccc(S(=O)(=O)N2CCCCC2)c1. The van der Waals surface area contributed by atoms with Crippen molar-refractivity contribution >= 4 is 33.2 Å². The third kappa shape index (κ3) is 5.38. The number of piperidine rings is 1. The van der Waals surface area contributed by atoms with Crippen molar-refractivity contribution in [1.82, 2.24) is 9.29 Å². The summed E-state index contributed by atoms with van der Waals surface area (Å²) >= 11 is 5.90. The molecule has 0 radical (unpaired) electrons. The third-order valence-corrected chi connectivity index (χ3v) is 7.47. The molecule has 0 spiro atoms. The molecule has 1 fully saturated rings. The van der Waals surface area contributed by atoms with Gasteiger partial charge in [-0.2, -0.15) is 4.31 Å². The summed E-state index contributed by atoms with van der Waals surface area (Å²) in [5.74, 6) is 0.808. The van der Waals surface area contributed by atoms with Crippen LogP contribution in [0.1, 0.15) is 31.6 Å². The number of halogens is 1. The van der Waals surface area contributed by atoms with Crippen LogP contribution in [0.4, 0.5) is 5.69 Å². The van der Waals surface area contributed by atoms with E-state index in [0.717, 1.165) is 24.8 Å². The minimum atomic E-state index is -3.55. The molecule has 3 aromatic rings. The van der Waals surface area contributed by atoms with E-state index >= 15 is 0 Å². The Morgan fingerprint density at radius 2 is 1.84 bits per heavy atom. The van der Waals surface area contributed by atoms with Gasteiger partial charge in [0.2, 0.25) is 15.9 Å². The van der Waals surface area contributed by atoms with Crippen molar-refractivity contribution in [2.24, 2.45) is 0 Å². The number of hydrogen-bond acceptors (Lipinski definition) is 5. The Morgan fingerprint density at radius 1 is 1.09 bits per heavy atom. The largest absolute Gasteiger partial charge is 0.441 e. The van der Waals surface area contributed by atoms with Crippen LogP contribution in [0.15, 0.2) is 64.0 Å². The smallest absolute Gasteiger partial charge is 0.243 e. The molecule has 2 heterocycles. The number of nitrogens with one attached hydrogen (secondary N) is 1. The number of benzene rings is 2. The van der Waals surface area contributed by atoms with Gasteiger partial charge in [-0.25, -0.2) is 13.4 Å². The van der Waals surface area contributed by atoms with Crippen molar-refractivity contribution in [3.8, 4) is 11.3 Å². The summed E-state index contributed by atoms with van der Waals surface area (Å²) < 4.78 is 33.0. The highest BCUT2D eigenvalue weighted by Crippen LogP contribution is 2.24. The number of amides is 1. The van der Waals surface area contributed by atoms with E-state index in [1.165, 1.54) is 10.4 Å². The third-order valence-electron chi connectivity index (χ3n) is 5.32. The number of aryl methyl sites for hydroxylation is 1. The molecule has 1 aliphatic rings. The minimum absolute atomic E-state index is 0.156. The van der Waals surface area contributed by atoms with Crippen LogP contribution in [-0.4, -0.2) is 36.7 Å².